The fourth-order valence-electron chi connectivity index (χ4n) is 1.16. The Bertz CT molecular complexity index is 289. The minimum absolute atomic E-state index is 0.527. The number of nitrogens with one attached hydrogen (secondary N) is 1. The summed E-state index contributed by atoms with van der Waals surface area (Å²) in [6.07, 6.45) is 4.68. The molecule has 3 nitrogen and oxygen atoms in total. The quantitative estimate of drug-likeness (QED) is 0.875. The number of halogens is 1. The van der Waals surface area contributed by atoms with Crippen molar-refractivity contribution in [2.75, 3.05) is 13.2 Å². The number of ether oxygens (including phenoxy) is 1. The van der Waals surface area contributed by atoms with Crippen LogP contribution in [0.15, 0.2) is 22.9 Å². The van der Waals surface area contributed by atoms with Gasteiger partial charge in [-0.25, -0.2) is 0 Å². The molecule has 1 aliphatic heterocycles. The smallest absolute Gasteiger partial charge is 0.138 e. The Morgan fingerprint density at radius 2 is 2.46 bits per heavy atom. The van der Waals surface area contributed by atoms with Gasteiger partial charge in [0.25, 0.3) is 0 Å². The second-order valence-corrected chi connectivity index (χ2v) is 4.01. The van der Waals surface area contributed by atoms with Gasteiger partial charge in [-0.3, -0.25) is 4.98 Å². The third kappa shape index (κ3) is 2.42. The SMILES string of the molecule is Brc1cncc(OCC2CCN2)c1. The molecular formula is C9H11BrN2O. The molecule has 1 unspecified atom stereocenters. The first-order chi connectivity index (χ1) is 6.34. The molecule has 0 saturated carbocycles. The second kappa shape index (κ2) is 4.07. The van der Waals surface area contributed by atoms with E-state index in [1.54, 1.807) is 12.4 Å². The highest BCUT2D eigenvalue weighted by molar-refractivity contribution is 9.10. The largest absolute Gasteiger partial charge is 0.490 e. The molecule has 2 heterocycles. The molecule has 13 heavy (non-hydrogen) atoms. The minimum Gasteiger partial charge on any atom is -0.490 e. The summed E-state index contributed by atoms with van der Waals surface area (Å²) in [5.41, 5.74) is 0. The van der Waals surface area contributed by atoms with Crippen molar-refractivity contribution < 1.29 is 4.74 Å². The molecule has 4 heteroatoms. The zero-order chi connectivity index (χ0) is 9.10. The second-order valence-electron chi connectivity index (χ2n) is 3.09. The summed E-state index contributed by atoms with van der Waals surface area (Å²) in [7, 11) is 0. The molecule has 2 rings (SSSR count). The molecule has 0 aliphatic carbocycles. The molecule has 0 radical (unpaired) electrons. The van der Waals surface area contributed by atoms with Crippen molar-refractivity contribution in [2.24, 2.45) is 0 Å². The van der Waals surface area contributed by atoms with Gasteiger partial charge in [0.15, 0.2) is 0 Å². The Morgan fingerprint density at radius 1 is 1.62 bits per heavy atom. The molecule has 1 atom stereocenters. The zero-order valence-corrected chi connectivity index (χ0v) is 8.75. The van der Waals surface area contributed by atoms with Crippen LogP contribution in [0.4, 0.5) is 0 Å². The molecule has 1 aliphatic rings. The molecular weight excluding hydrogens is 232 g/mol. The van der Waals surface area contributed by atoms with Gasteiger partial charge in [0, 0.05) is 16.7 Å². The Morgan fingerprint density at radius 3 is 3.08 bits per heavy atom. The summed E-state index contributed by atoms with van der Waals surface area (Å²) in [5, 5.41) is 3.27. The predicted molar refractivity (Wildman–Crippen MR) is 53.8 cm³/mol. The van der Waals surface area contributed by atoms with E-state index in [-0.39, 0.29) is 0 Å². The van der Waals surface area contributed by atoms with Crippen LogP contribution in [0.2, 0.25) is 0 Å². The number of aromatic nitrogens is 1. The van der Waals surface area contributed by atoms with E-state index < -0.39 is 0 Å². The molecule has 0 spiro atoms. The Labute approximate surface area is 85.6 Å². The van der Waals surface area contributed by atoms with Gasteiger partial charge in [-0.15, -0.1) is 0 Å². The predicted octanol–water partition coefficient (Wildman–Crippen LogP) is 1.58. The van der Waals surface area contributed by atoms with E-state index in [1.807, 2.05) is 6.07 Å². The molecule has 70 valence electrons. The lowest BCUT2D eigenvalue weighted by Gasteiger charge is -2.27. The highest BCUT2D eigenvalue weighted by Crippen LogP contribution is 2.16. The summed E-state index contributed by atoms with van der Waals surface area (Å²) >= 11 is 3.34. The lowest BCUT2D eigenvalue weighted by Crippen LogP contribution is -2.46. The molecule has 0 amide bonds. The van der Waals surface area contributed by atoms with Crippen LogP contribution < -0.4 is 10.1 Å². The first kappa shape index (κ1) is 8.97. The van der Waals surface area contributed by atoms with Gasteiger partial charge in [-0.1, -0.05) is 0 Å². The van der Waals surface area contributed by atoms with Crippen molar-refractivity contribution in [3.8, 4) is 5.75 Å². The number of nitrogens with zero attached hydrogens (tertiary/aromatic N) is 1. The highest BCUT2D eigenvalue weighted by Gasteiger charge is 2.16. The number of hydrogen-bond donors (Lipinski definition) is 1. The Balaban J connectivity index is 1.86. The fraction of sp³-hybridized carbons (Fsp3) is 0.444. The summed E-state index contributed by atoms with van der Waals surface area (Å²) in [6, 6.07) is 2.45. The summed E-state index contributed by atoms with van der Waals surface area (Å²) in [4.78, 5) is 4.01. The van der Waals surface area contributed by atoms with E-state index in [1.165, 1.54) is 6.42 Å². The van der Waals surface area contributed by atoms with Crippen molar-refractivity contribution in [1.82, 2.24) is 10.3 Å². The zero-order valence-electron chi connectivity index (χ0n) is 7.16. The van der Waals surface area contributed by atoms with E-state index >= 15 is 0 Å². The van der Waals surface area contributed by atoms with Crippen LogP contribution in [0.25, 0.3) is 0 Å². The van der Waals surface area contributed by atoms with Crippen molar-refractivity contribution in [2.45, 2.75) is 12.5 Å². The fourth-order valence-corrected chi connectivity index (χ4v) is 1.50. The lowest BCUT2D eigenvalue weighted by atomic mass is 10.1. The van der Waals surface area contributed by atoms with Gasteiger partial charge in [-0.2, -0.15) is 0 Å². The number of pyridine rings is 1. The Kier molecular flexibility index (Phi) is 2.80. The number of hydrogen-bond acceptors (Lipinski definition) is 3. The molecule has 0 aromatic carbocycles. The monoisotopic (exact) mass is 242 g/mol. The van der Waals surface area contributed by atoms with Gasteiger partial charge >= 0.3 is 0 Å². The van der Waals surface area contributed by atoms with Gasteiger partial charge < -0.3 is 10.1 Å². The third-order valence-electron chi connectivity index (χ3n) is 2.06. The van der Waals surface area contributed by atoms with Crippen molar-refractivity contribution >= 4 is 15.9 Å². The molecule has 1 aromatic rings. The average molecular weight is 243 g/mol. The normalized spacial score (nSPS) is 20.8. The summed E-state index contributed by atoms with van der Waals surface area (Å²) in [5.74, 6) is 0.822. The van der Waals surface area contributed by atoms with Crippen LogP contribution in [-0.2, 0) is 0 Å². The molecule has 1 saturated heterocycles. The molecule has 1 N–H and O–H groups in total. The van der Waals surface area contributed by atoms with Crippen LogP contribution in [0.5, 0.6) is 5.75 Å². The summed E-state index contributed by atoms with van der Waals surface area (Å²) < 4.78 is 6.49. The van der Waals surface area contributed by atoms with Crippen molar-refractivity contribution in [3.63, 3.8) is 0 Å². The van der Waals surface area contributed by atoms with E-state index in [4.69, 9.17) is 4.74 Å². The first-order valence-corrected chi connectivity index (χ1v) is 5.10. The van der Waals surface area contributed by atoms with E-state index in [0.717, 1.165) is 23.4 Å². The standard InChI is InChI=1S/C9H11BrN2O/c10-7-3-9(5-11-4-7)13-6-8-1-2-12-8/h3-5,8,12H,1-2,6H2. The van der Waals surface area contributed by atoms with Gasteiger partial charge in [0.2, 0.25) is 0 Å². The van der Waals surface area contributed by atoms with Gasteiger partial charge in [-0.05, 0) is 35.0 Å². The topological polar surface area (TPSA) is 34.1 Å². The molecule has 1 aromatic heterocycles. The van der Waals surface area contributed by atoms with Crippen LogP contribution >= 0.6 is 15.9 Å². The van der Waals surface area contributed by atoms with Crippen LogP contribution in [0.3, 0.4) is 0 Å². The lowest BCUT2D eigenvalue weighted by molar-refractivity contribution is 0.217. The van der Waals surface area contributed by atoms with Crippen molar-refractivity contribution in [1.29, 1.82) is 0 Å². The average Bonchev–Trinajstić information content (AvgIpc) is 2.01. The Hall–Kier alpha value is -0.610. The first-order valence-electron chi connectivity index (χ1n) is 4.31. The third-order valence-corrected chi connectivity index (χ3v) is 2.49. The maximum Gasteiger partial charge on any atom is 0.138 e. The van der Waals surface area contributed by atoms with E-state index in [0.29, 0.717) is 6.04 Å². The molecule has 0 bridgehead atoms. The maximum atomic E-state index is 5.54. The van der Waals surface area contributed by atoms with Gasteiger partial charge in [0.1, 0.15) is 12.4 Å². The summed E-state index contributed by atoms with van der Waals surface area (Å²) in [6.45, 7) is 1.85. The van der Waals surface area contributed by atoms with Crippen LogP contribution in [-0.4, -0.2) is 24.2 Å². The van der Waals surface area contributed by atoms with E-state index in [2.05, 4.69) is 26.2 Å². The van der Waals surface area contributed by atoms with E-state index in [9.17, 15) is 0 Å². The maximum absolute atomic E-state index is 5.54. The highest BCUT2D eigenvalue weighted by atomic mass is 79.9. The minimum atomic E-state index is 0.527. The van der Waals surface area contributed by atoms with Gasteiger partial charge in [0.05, 0.1) is 6.20 Å². The van der Waals surface area contributed by atoms with Crippen LogP contribution in [0, 0.1) is 0 Å². The van der Waals surface area contributed by atoms with Crippen molar-refractivity contribution in [3.05, 3.63) is 22.9 Å². The molecule has 1 fully saturated rings. The van der Waals surface area contributed by atoms with Crippen LogP contribution in [0.1, 0.15) is 6.42 Å². The number of rotatable bonds is 3.